The standard InChI is InChI=1S/C13H17NO5S/c1-19-10-6-2-3-7-11(10)20(17,18)14-13(12(15)16)8-4-5-9-13/h2-3,6-7,14H,4-5,8-9H2,1H3,(H,15,16). The Labute approximate surface area is 117 Å². The van der Waals surface area contributed by atoms with Crippen molar-refractivity contribution in [1.29, 1.82) is 0 Å². The zero-order valence-corrected chi connectivity index (χ0v) is 11.9. The number of benzene rings is 1. The van der Waals surface area contributed by atoms with Crippen LogP contribution in [0.1, 0.15) is 25.7 Å². The van der Waals surface area contributed by atoms with Crippen molar-refractivity contribution in [3.63, 3.8) is 0 Å². The number of ether oxygens (including phenoxy) is 1. The fourth-order valence-electron chi connectivity index (χ4n) is 2.49. The predicted octanol–water partition coefficient (Wildman–Crippen LogP) is 1.37. The first-order chi connectivity index (χ1) is 9.41. The quantitative estimate of drug-likeness (QED) is 0.856. The van der Waals surface area contributed by atoms with Gasteiger partial charge in [0.05, 0.1) is 7.11 Å². The summed E-state index contributed by atoms with van der Waals surface area (Å²) >= 11 is 0. The van der Waals surface area contributed by atoms with E-state index < -0.39 is 21.5 Å². The third kappa shape index (κ3) is 2.64. The number of hydrogen-bond acceptors (Lipinski definition) is 4. The van der Waals surface area contributed by atoms with Gasteiger partial charge >= 0.3 is 5.97 Å². The topological polar surface area (TPSA) is 92.7 Å². The molecule has 1 aliphatic rings. The van der Waals surface area contributed by atoms with Crippen LogP contribution in [0.25, 0.3) is 0 Å². The molecule has 1 aromatic rings. The van der Waals surface area contributed by atoms with Crippen LogP contribution in [0.4, 0.5) is 0 Å². The maximum Gasteiger partial charge on any atom is 0.324 e. The Morgan fingerprint density at radius 2 is 1.90 bits per heavy atom. The highest BCUT2D eigenvalue weighted by Gasteiger charge is 2.45. The third-order valence-electron chi connectivity index (χ3n) is 3.55. The van der Waals surface area contributed by atoms with Gasteiger partial charge in [0.1, 0.15) is 16.2 Å². The van der Waals surface area contributed by atoms with E-state index in [-0.39, 0.29) is 10.6 Å². The summed E-state index contributed by atoms with van der Waals surface area (Å²) in [6.45, 7) is 0. The van der Waals surface area contributed by atoms with Gasteiger partial charge in [0.2, 0.25) is 10.0 Å². The van der Waals surface area contributed by atoms with Gasteiger partial charge in [0.25, 0.3) is 0 Å². The van der Waals surface area contributed by atoms with Crippen LogP contribution in [0.2, 0.25) is 0 Å². The van der Waals surface area contributed by atoms with Crippen LogP contribution in [0.5, 0.6) is 5.75 Å². The number of hydrogen-bond donors (Lipinski definition) is 2. The van der Waals surface area contributed by atoms with Gasteiger partial charge in [-0.1, -0.05) is 25.0 Å². The van der Waals surface area contributed by atoms with Crippen LogP contribution < -0.4 is 9.46 Å². The number of aliphatic carboxylic acids is 1. The Morgan fingerprint density at radius 3 is 2.45 bits per heavy atom. The highest BCUT2D eigenvalue weighted by Crippen LogP contribution is 2.33. The molecule has 7 heteroatoms. The van der Waals surface area contributed by atoms with Crippen molar-refractivity contribution in [1.82, 2.24) is 4.72 Å². The van der Waals surface area contributed by atoms with E-state index in [9.17, 15) is 18.3 Å². The van der Waals surface area contributed by atoms with Crippen LogP contribution in [-0.4, -0.2) is 32.1 Å². The predicted molar refractivity (Wildman–Crippen MR) is 72.2 cm³/mol. The van der Waals surface area contributed by atoms with Gasteiger partial charge in [-0.05, 0) is 25.0 Å². The highest BCUT2D eigenvalue weighted by atomic mass is 32.2. The smallest absolute Gasteiger partial charge is 0.324 e. The Kier molecular flexibility index (Phi) is 4.01. The zero-order chi connectivity index (χ0) is 14.8. The first-order valence-electron chi connectivity index (χ1n) is 6.32. The fourth-order valence-corrected chi connectivity index (χ4v) is 4.08. The summed E-state index contributed by atoms with van der Waals surface area (Å²) in [7, 11) is -2.57. The molecule has 1 aromatic carbocycles. The largest absolute Gasteiger partial charge is 0.495 e. The van der Waals surface area contributed by atoms with E-state index in [2.05, 4.69) is 4.72 Å². The number of carboxylic acid groups (broad SMARTS) is 1. The highest BCUT2D eigenvalue weighted by molar-refractivity contribution is 7.89. The van der Waals surface area contributed by atoms with Crippen molar-refractivity contribution < 1.29 is 23.1 Å². The average molecular weight is 299 g/mol. The van der Waals surface area contributed by atoms with Crippen LogP contribution in [0.15, 0.2) is 29.2 Å². The van der Waals surface area contributed by atoms with Gasteiger partial charge in [-0.15, -0.1) is 0 Å². The van der Waals surface area contributed by atoms with E-state index in [1.165, 1.54) is 19.2 Å². The lowest BCUT2D eigenvalue weighted by Crippen LogP contribution is -2.52. The minimum absolute atomic E-state index is 0.0463. The Bertz CT molecular complexity index is 605. The molecule has 6 nitrogen and oxygen atoms in total. The first-order valence-corrected chi connectivity index (χ1v) is 7.80. The number of sulfonamides is 1. The van der Waals surface area contributed by atoms with E-state index in [4.69, 9.17) is 4.74 Å². The van der Waals surface area contributed by atoms with Gasteiger partial charge in [-0.2, -0.15) is 4.72 Å². The molecular weight excluding hydrogens is 282 g/mol. The lowest BCUT2D eigenvalue weighted by Gasteiger charge is -2.25. The van der Waals surface area contributed by atoms with Gasteiger partial charge in [-0.25, -0.2) is 8.42 Å². The summed E-state index contributed by atoms with van der Waals surface area (Å²) in [5.74, 6) is -0.938. The minimum Gasteiger partial charge on any atom is -0.495 e. The Balaban J connectivity index is 2.38. The van der Waals surface area contributed by atoms with Crippen LogP contribution >= 0.6 is 0 Å². The van der Waals surface area contributed by atoms with Gasteiger partial charge in [-0.3, -0.25) is 4.79 Å². The molecule has 0 unspecified atom stereocenters. The summed E-state index contributed by atoms with van der Waals surface area (Å²) < 4.78 is 32.2. The van der Waals surface area contributed by atoms with Crippen molar-refractivity contribution in [2.45, 2.75) is 36.1 Å². The third-order valence-corrected chi connectivity index (χ3v) is 5.13. The second-order valence-electron chi connectivity index (χ2n) is 4.85. The van der Waals surface area contributed by atoms with Crippen LogP contribution in [-0.2, 0) is 14.8 Å². The van der Waals surface area contributed by atoms with Crippen molar-refractivity contribution in [3.8, 4) is 5.75 Å². The second kappa shape index (κ2) is 5.41. The summed E-state index contributed by atoms with van der Waals surface area (Å²) in [5, 5.41) is 9.34. The Hall–Kier alpha value is -1.60. The molecule has 0 radical (unpaired) electrons. The van der Waals surface area contributed by atoms with Crippen LogP contribution in [0, 0.1) is 0 Å². The number of carbonyl (C=O) groups is 1. The molecule has 0 amide bonds. The van der Waals surface area contributed by atoms with Crippen LogP contribution in [0.3, 0.4) is 0 Å². The van der Waals surface area contributed by atoms with E-state index in [0.717, 1.165) is 0 Å². The number of nitrogens with one attached hydrogen (secondary N) is 1. The maximum absolute atomic E-state index is 12.4. The molecule has 1 saturated carbocycles. The van der Waals surface area contributed by atoms with Gasteiger partial charge < -0.3 is 9.84 Å². The monoisotopic (exact) mass is 299 g/mol. The molecule has 0 saturated heterocycles. The average Bonchev–Trinajstić information content (AvgIpc) is 2.88. The zero-order valence-electron chi connectivity index (χ0n) is 11.1. The molecular formula is C13H17NO5S. The molecule has 2 N–H and O–H groups in total. The molecule has 0 bridgehead atoms. The molecule has 1 fully saturated rings. The number of rotatable bonds is 5. The van der Waals surface area contributed by atoms with Gasteiger partial charge in [0.15, 0.2) is 0 Å². The first kappa shape index (κ1) is 14.8. The molecule has 0 atom stereocenters. The van der Waals surface area contributed by atoms with Crippen molar-refractivity contribution in [3.05, 3.63) is 24.3 Å². The second-order valence-corrected chi connectivity index (χ2v) is 6.50. The minimum atomic E-state index is -3.95. The molecule has 0 aliphatic heterocycles. The van der Waals surface area contributed by atoms with E-state index in [1.54, 1.807) is 12.1 Å². The van der Waals surface area contributed by atoms with E-state index in [0.29, 0.717) is 25.7 Å². The molecule has 20 heavy (non-hydrogen) atoms. The summed E-state index contributed by atoms with van der Waals surface area (Å²) in [6, 6.07) is 6.14. The Morgan fingerprint density at radius 1 is 1.30 bits per heavy atom. The molecule has 110 valence electrons. The summed E-state index contributed by atoms with van der Waals surface area (Å²) in [4.78, 5) is 11.4. The SMILES string of the molecule is COc1ccccc1S(=O)(=O)NC1(C(=O)O)CCCC1. The number of methoxy groups -OCH3 is 1. The van der Waals surface area contributed by atoms with E-state index in [1.807, 2.05) is 0 Å². The molecule has 0 spiro atoms. The maximum atomic E-state index is 12.4. The lowest BCUT2D eigenvalue weighted by atomic mass is 10.0. The van der Waals surface area contributed by atoms with E-state index >= 15 is 0 Å². The normalized spacial score (nSPS) is 17.9. The molecule has 1 aliphatic carbocycles. The van der Waals surface area contributed by atoms with Crippen molar-refractivity contribution >= 4 is 16.0 Å². The van der Waals surface area contributed by atoms with Crippen molar-refractivity contribution in [2.24, 2.45) is 0 Å². The molecule has 2 rings (SSSR count). The fraction of sp³-hybridized carbons (Fsp3) is 0.462. The summed E-state index contributed by atoms with van der Waals surface area (Å²) in [5.41, 5.74) is -1.40. The molecule has 0 heterocycles. The number of para-hydroxylation sites is 1. The van der Waals surface area contributed by atoms with Crippen molar-refractivity contribution in [2.75, 3.05) is 7.11 Å². The lowest BCUT2D eigenvalue weighted by molar-refractivity contribution is -0.143. The van der Waals surface area contributed by atoms with Gasteiger partial charge in [0, 0.05) is 0 Å². The number of carboxylic acids is 1. The molecule has 0 aromatic heterocycles. The summed E-state index contributed by atoms with van der Waals surface area (Å²) in [6.07, 6.45) is 1.99.